The van der Waals surface area contributed by atoms with Crippen molar-refractivity contribution in [3.63, 3.8) is 0 Å². The zero-order valence-corrected chi connectivity index (χ0v) is 17.6. The summed E-state index contributed by atoms with van der Waals surface area (Å²) in [4.78, 5) is 57.6. The van der Waals surface area contributed by atoms with Gasteiger partial charge in [-0.05, 0) is 48.0 Å². The van der Waals surface area contributed by atoms with Crippen molar-refractivity contribution < 1.29 is 14.3 Å². The highest BCUT2D eigenvalue weighted by Gasteiger charge is 2.18. The number of fused-ring (bicyclic) bond motifs is 1. The highest BCUT2D eigenvalue weighted by Crippen LogP contribution is 2.15. The van der Waals surface area contributed by atoms with Crippen LogP contribution >= 0.6 is 0 Å². The molecule has 33 heavy (non-hydrogen) atoms. The molecule has 1 aromatic carbocycles. The van der Waals surface area contributed by atoms with Crippen LogP contribution in [0.3, 0.4) is 0 Å². The van der Waals surface area contributed by atoms with E-state index in [4.69, 9.17) is 0 Å². The minimum atomic E-state index is -0.713. The van der Waals surface area contributed by atoms with E-state index in [1.165, 1.54) is 23.8 Å². The molecule has 0 atom stereocenters. The van der Waals surface area contributed by atoms with Crippen molar-refractivity contribution in [2.24, 2.45) is 0 Å². The van der Waals surface area contributed by atoms with E-state index in [0.717, 1.165) is 4.57 Å². The van der Waals surface area contributed by atoms with Gasteiger partial charge in [0.1, 0.15) is 6.54 Å². The molecule has 10 nitrogen and oxygen atoms in total. The Labute approximate surface area is 187 Å². The summed E-state index contributed by atoms with van der Waals surface area (Å²) in [5, 5.41) is 2.70. The van der Waals surface area contributed by atoms with Gasteiger partial charge in [0.15, 0.2) is 5.82 Å². The molecule has 1 amide bonds. The topological polar surface area (TPSA) is 125 Å². The number of benzene rings is 1. The van der Waals surface area contributed by atoms with Crippen molar-refractivity contribution in [2.45, 2.75) is 13.1 Å². The fourth-order valence-corrected chi connectivity index (χ4v) is 3.32. The summed E-state index contributed by atoms with van der Waals surface area (Å²) in [6.45, 7) is -0.125. The van der Waals surface area contributed by atoms with E-state index in [9.17, 15) is 19.2 Å². The van der Waals surface area contributed by atoms with Gasteiger partial charge in [-0.1, -0.05) is 6.07 Å². The lowest BCUT2D eigenvalue weighted by Gasteiger charge is -2.15. The minimum Gasteiger partial charge on any atom is -0.465 e. The van der Waals surface area contributed by atoms with Gasteiger partial charge in [0, 0.05) is 24.3 Å². The van der Waals surface area contributed by atoms with Crippen LogP contribution in [0, 0.1) is 0 Å². The average Bonchev–Trinajstić information content (AvgIpc) is 2.83. The number of hydrogen-bond acceptors (Lipinski definition) is 7. The van der Waals surface area contributed by atoms with E-state index >= 15 is 0 Å². The number of rotatable bonds is 6. The van der Waals surface area contributed by atoms with Crippen molar-refractivity contribution >= 4 is 17.6 Å². The van der Waals surface area contributed by atoms with Crippen LogP contribution in [0.1, 0.15) is 15.9 Å². The normalized spacial score (nSPS) is 10.7. The maximum Gasteiger partial charge on any atom is 0.352 e. The summed E-state index contributed by atoms with van der Waals surface area (Å²) >= 11 is 0. The fraction of sp³-hybridized carbons (Fsp3) is 0.130. The third-order valence-corrected chi connectivity index (χ3v) is 4.92. The van der Waals surface area contributed by atoms with Gasteiger partial charge in [0.2, 0.25) is 5.91 Å². The Hall–Kier alpha value is -4.60. The van der Waals surface area contributed by atoms with E-state index in [0.29, 0.717) is 16.8 Å². The molecule has 0 saturated heterocycles. The van der Waals surface area contributed by atoms with Crippen molar-refractivity contribution in [1.82, 2.24) is 19.1 Å². The third kappa shape index (κ3) is 4.69. The smallest absolute Gasteiger partial charge is 0.352 e. The Morgan fingerprint density at radius 2 is 1.85 bits per heavy atom. The number of nitrogens with zero attached hydrogens (tertiary/aromatic N) is 4. The second-order valence-corrected chi connectivity index (χ2v) is 7.14. The van der Waals surface area contributed by atoms with Gasteiger partial charge < -0.3 is 14.6 Å². The lowest BCUT2D eigenvalue weighted by atomic mass is 10.2. The SMILES string of the molecule is COC(=O)c1ccc(NC(=O)Cn2cccc3c(=O)n(Cc4cccnc4)c(=O)nc2-3)cc1. The molecule has 1 aromatic heterocycles. The van der Waals surface area contributed by atoms with Gasteiger partial charge in [0.25, 0.3) is 5.56 Å². The molecular weight excluding hydrogens is 426 g/mol. The molecular formula is C23H19N5O5. The summed E-state index contributed by atoms with van der Waals surface area (Å²) in [6, 6.07) is 12.9. The van der Waals surface area contributed by atoms with E-state index in [1.807, 2.05) is 0 Å². The fourth-order valence-electron chi connectivity index (χ4n) is 3.32. The van der Waals surface area contributed by atoms with E-state index in [2.05, 4.69) is 20.0 Å². The quantitative estimate of drug-likeness (QED) is 0.445. The summed E-state index contributed by atoms with van der Waals surface area (Å²) in [6.07, 6.45) is 4.74. The number of esters is 1. The van der Waals surface area contributed by atoms with Crippen LogP contribution in [-0.2, 0) is 22.6 Å². The number of hydrogen-bond donors (Lipinski definition) is 1. The first-order valence-corrected chi connectivity index (χ1v) is 9.93. The van der Waals surface area contributed by atoms with E-state index < -0.39 is 23.1 Å². The van der Waals surface area contributed by atoms with Crippen LogP contribution in [0.25, 0.3) is 11.4 Å². The number of carbonyl (C=O) groups excluding carboxylic acids is 2. The molecule has 4 rings (SSSR count). The number of aromatic nitrogens is 4. The maximum atomic E-state index is 12.9. The lowest BCUT2D eigenvalue weighted by molar-refractivity contribution is -0.116. The number of ether oxygens (including phenoxy) is 1. The van der Waals surface area contributed by atoms with E-state index in [1.54, 1.807) is 55.0 Å². The Balaban J connectivity index is 1.57. The molecule has 3 heterocycles. The Kier molecular flexibility index (Phi) is 6.07. The van der Waals surface area contributed by atoms with Gasteiger partial charge in [-0.15, -0.1) is 0 Å². The first-order chi connectivity index (χ1) is 16.0. The molecule has 0 saturated carbocycles. The molecule has 0 spiro atoms. The Morgan fingerprint density at radius 1 is 1.06 bits per heavy atom. The molecule has 0 unspecified atom stereocenters. The predicted molar refractivity (Wildman–Crippen MR) is 119 cm³/mol. The molecule has 0 fully saturated rings. The highest BCUT2D eigenvalue weighted by atomic mass is 16.5. The standard InChI is InChI=1S/C23H19N5O5/c1-33-22(31)16-6-8-17(9-7-16)25-19(29)14-27-11-3-5-18-20(27)26-23(32)28(21(18)30)13-15-4-2-10-24-12-15/h2-12H,13-14H2,1H3,(H,25,29). The van der Waals surface area contributed by atoms with Crippen LogP contribution in [0.4, 0.5) is 5.69 Å². The molecule has 2 aromatic rings. The van der Waals surface area contributed by atoms with Crippen molar-refractivity contribution in [3.05, 3.63) is 99.1 Å². The number of amides is 1. The molecule has 166 valence electrons. The van der Waals surface area contributed by atoms with Crippen LogP contribution in [0.15, 0.2) is 76.7 Å². The molecule has 0 radical (unpaired) electrons. The van der Waals surface area contributed by atoms with Crippen LogP contribution in [0.5, 0.6) is 0 Å². The van der Waals surface area contributed by atoms with Gasteiger partial charge >= 0.3 is 11.7 Å². The molecule has 1 N–H and O–H groups in total. The second kappa shape index (κ2) is 9.27. The monoisotopic (exact) mass is 445 g/mol. The number of anilines is 1. The summed E-state index contributed by atoms with van der Waals surface area (Å²) in [7, 11) is 1.29. The Bertz CT molecular complexity index is 1390. The van der Waals surface area contributed by atoms with Crippen LogP contribution in [-0.4, -0.2) is 38.1 Å². The van der Waals surface area contributed by atoms with Gasteiger partial charge in [-0.25, -0.2) is 9.59 Å². The molecule has 0 aliphatic carbocycles. The molecule has 2 aliphatic rings. The van der Waals surface area contributed by atoms with E-state index in [-0.39, 0.29) is 24.5 Å². The molecule has 10 heteroatoms. The second-order valence-electron chi connectivity index (χ2n) is 7.14. The number of nitrogens with one attached hydrogen (secondary N) is 1. The predicted octanol–water partition coefficient (Wildman–Crippen LogP) is 1.38. The average molecular weight is 445 g/mol. The van der Waals surface area contributed by atoms with Crippen LogP contribution < -0.4 is 16.6 Å². The largest absolute Gasteiger partial charge is 0.465 e. The summed E-state index contributed by atoms with van der Waals surface area (Å²) in [5.74, 6) is -0.758. The minimum absolute atomic E-state index is 0.0470. The summed E-state index contributed by atoms with van der Waals surface area (Å²) in [5.41, 5.74) is 0.533. The summed E-state index contributed by atoms with van der Waals surface area (Å²) < 4.78 is 7.12. The Morgan fingerprint density at radius 3 is 2.55 bits per heavy atom. The van der Waals surface area contributed by atoms with Gasteiger partial charge in [-0.2, -0.15) is 4.98 Å². The number of pyridine rings is 2. The first-order valence-electron chi connectivity index (χ1n) is 9.93. The number of carbonyl (C=O) groups is 2. The van der Waals surface area contributed by atoms with Crippen molar-refractivity contribution in [3.8, 4) is 11.4 Å². The zero-order chi connectivity index (χ0) is 23.4. The zero-order valence-electron chi connectivity index (χ0n) is 17.6. The lowest BCUT2D eigenvalue weighted by Crippen LogP contribution is -2.38. The van der Waals surface area contributed by atoms with Gasteiger partial charge in [0.05, 0.1) is 24.8 Å². The number of methoxy groups -OCH3 is 1. The highest BCUT2D eigenvalue weighted by molar-refractivity contribution is 5.93. The van der Waals surface area contributed by atoms with Crippen molar-refractivity contribution in [2.75, 3.05) is 12.4 Å². The van der Waals surface area contributed by atoms with Crippen molar-refractivity contribution in [1.29, 1.82) is 0 Å². The maximum absolute atomic E-state index is 12.9. The molecule has 2 aliphatic heterocycles. The third-order valence-electron chi connectivity index (χ3n) is 4.92. The molecule has 0 bridgehead atoms. The first kappa shape index (κ1) is 21.6. The van der Waals surface area contributed by atoms with Gasteiger partial charge in [-0.3, -0.25) is 19.1 Å². The van der Waals surface area contributed by atoms with Crippen LogP contribution in [0.2, 0.25) is 0 Å².